The molecular formula is C7H3F5N2S. The highest BCUT2D eigenvalue weighted by atomic mass is 32.1. The van der Waals surface area contributed by atoms with Crippen molar-refractivity contribution >= 4 is 11.3 Å². The first-order valence-electron chi connectivity index (χ1n) is 3.55. The van der Waals surface area contributed by atoms with Gasteiger partial charge in [-0.25, -0.2) is 4.98 Å². The summed E-state index contributed by atoms with van der Waals surface area (Å²) in [5.74, 6) is -4.96. The van der Waals surface area contributed by atoms with E-state index in [0.717, 1.165) is 0 Å². The lowest BCUT2D eigenvalue weighted by Crippen LogP contribution is -2.33. The summed E-state index contributed by atoms with van der Waals surface area (Å²) < 4.78 is 60.9. The van der Waals surface area contributed by atoms with Gasteiger partial charge in [0, 0.05) is 5.38 Å². The van der Waals surface area contributed by atoms with Crippen LogP contribution < -0.4 is 0 Å². The normalized spacial score (nSPS) is 12.5. The largest absolute Gasteiger partial charge is 0.459 e. The van der Waals surface area contributed by atoms with E-state index in [1.807, 2.05) is 0 Å². The summed E-state index contributed by atoms with van der Waals surface area (Å²) in [5, 5.41) is 8.75. The zero-order valence-corrected chi connectivity index (χ0v) is 7.79. The van der Waals surface area contributed by atoms with Gasteiger partial charge in [0.05, 0.1) is 12.5 Å². The van der Waals surface area contributed by atoms with Crippen LogP contribution in [0.1, 0.15) is 10.7 Å². The molecule has 0 aliphatic rings. The summed E-state index contributed by atoms with van der Waals surface area (Å²) in [4.78, 5) is 3.06. The molecule has 0 aliphatic carbocycles. The van der Waals surface area contributed by atoms with Crippen LogP contribution >= 0.6 is 11.3 Å². The van der Waals surface area contributed by atoms with Crippen molar-refractivity contribution in [3.63, 3.8) is 0 Å². The highest BCUT2D eigenvalue weighted by Crippen LogP contribution is 2.43. The minimum Gasteiger partial charge on any atom is -0.238 e. The molecule has 0 aliphatic heterocycles. The van der Waals surface area contributed by atoms with Crippen LogP contribution in [0.25, 0.3) is 0 Å². The van der Waals surface area contributed by atoms with Crippen LogP contribution in [-0.4, -0.2) is 11.2 Å². The van der Waals surface area contributed by atoms with Gasteiger partial charge >= 0.3 is 12.1 Å². The Bertz CT molecular complexity index is 389. The molecule has 0 saturated heterocycles. The van der Waals surface area contributed by atoms with Crippen LogP contribution in [0, 0.1) is 11.3 Å². The molecular weight excluding hydrogens is 239 g/mol. The molecule has 0 N–H and O–H groups in total. The molecule has 0 saturated carbocycles. The Labute approximate surface area is 85.0 Å². The van der Waals surface area contributed by atoms with Gasteiger partial charge < -0.3 is 0 Å². The fraction of sp³-hybridized carbons (Fsp3) is 0.429. The highest BCUT2D eigenvalue weighted by Gasteiger charge is 2.60. The number of alkyl halides is 5. The maximum atomic E-state index is 12.7. The summed E-state index contributed by atoms with van der Waals surface area (Å²) in [6.45, 7) is 0. The second-order valence-electron chi connectivity index (χ2n) is 2.53. The number of hydrogen-bond donors (Lipinski definition) is 0. The first kappa shape index (κ1) is 11.8. The zero-order valence-electron chi connectivity index (χ0n) is 6.98. The fourth-order valence-corrected chi connectivity index (χ4v) is 1.50. The lowest BCUT2D eigenvalue weighted by Gasteiger charge is -2.16. The molecule has 8 heteroatoms. The van der Waals surface area contributed by atoms with Crippen LogP contribution in [0.4, 0.5) is 22.0 Å². The van der Waals surface area contributed by atoms with E-state index >= 15 is 0 Å². The van der Waals surface area contributed by atoms with Crippen molar-refractivity contribution in [3.05, 3.63) is 16.1 Å². The van der Waals surface area contributed by atoms with Gasteiger partial charge in [0.2, 0.25) is 0 Å². The highest BCUT2D eigenvalue weighted by molar-refractivity contribution is 7.09. The Morgan fingerprint density at radius 3 is 2.40 bits per heavy atom. The molecule has 0 atom stereocenters. The van der Waals surface area contributed by atoms with Gasteiger partial charge in [-0.15, -0.1) is 11.3 Å². The van der Waals surface area contributed by atoms with Gasteiger partial charge in [0.15, 0.2) is 0 Å². The molecule has 1 aromatic rings. The molecule has 0 aromatic carbocycles. The fourth-order valence-electron chi connectivity index (χ4n) is 0.749. The molecule has 0 unspecified atom stereocenters. The number of nitriles is 1. The summed E-state index contributed by atoms with van der Waals surface area (Å²) in [6.07, 6.45) is -5.94. The SMILES string of the molecule is N#CCc1nc(C(F)(F)C(F)(F)F)cs1. The van der Waals surface area contributed by atoms with Crippen LogP contribution in [0.15, 0.2) is 5.38 Å². The van der Waals surface area contributed by atoms with Crippen LogP contribution in [0.3, 0.4) is 0 Å². The van der Waals surface area contributed by atoms with E-state index in [2.05, 4.69) is 4.98 Å². The summed E-state index contributed by atoms with van der Waals surface area (Å²) in [7, 11) is 0. The maximum Gasteiger partial charge on any atom is 0.459 e. The first-order valence-corrected chi connectivity index (χ1v) is 4.43. The van der Waals surface area contributed by atoms with E-state index < -0.39 is 17.8 Å². The van der Waals surface area contributed by atoms with Crippen LogP contribution in [-0.2, 0) is 12.3 Å². The molecule has 0 amide bonds. The predicted molar refractivity (Wildman–Crippen MR) is 41.4 cm³/mol. The van der Waals surface area contributed by atoms with E-state index in [1.165, 1.54) is 0 Å². The molecule has 1 aromatic heterocycles. The van der Waals surface area contributed by atoms with E-state index in [-0.39, 0.29) is 11.4 Å². The number of rotatable bonds is 2. The molecule has 1 heterocycles. The molecule has 1 rings (SSSR count). The van der Waals surface area contributed by atoms with Gasteiger partial charge in [-0.05, 0) is 0 Å². The third kappa shape index (κ3) is 2.23. The average Bonchev–Trinajstić information content (AvgIpc) is 2.51. The van der Waals surface area contributed by atoms with E-state index in [9.17, 15) is 22.0 Å². The summed E-state index contributed by atoms with van der Waals surface area (Å²) in [5.41, 5.74) is -1.36. The Balaban J connectivity index is 3.02. The van der Waals surface area contributed by atoms with Crippen molar-refractivity contribution in [1.29, 1.82) is 5.26 Å². The molecule has 0 fully saturated rings. The van der Waals surface area contributed by atoms with Gasteiger partial charge in [-0.1, -0.05) is 0 Å². The average molecular weight is 242 g/mol. The topological polar surface area (TPSA) is 36.7 Å². The minimum absolute atomic E-state index is 0.0589. The van der Waals surface area contributed by atoms with Gasteiger partial charge in [-0.2, -0.15) is 27.2 Å². The van der Waals surface area contributed by atoms with Crippen molar-refractivity contribution in [2.75, 3.05) is 0 Å². The Morgan fingerprint density at radius 1 is 1.33 bits per heavy atom. The van der Waals surface area contributed by atoms with E-state index in [4.69, 9.17) is 5.26 Å². The summed E-state index contributed by atoms with van der Waals surface area (Å²) in [6, 6.07) is 1.61. The Hall–Kier alpha value is -1.23. The van der Waals surface area contributed by atoms with E-state index in [1.54, 1.807) is 6.07 Å². The number of nitrogens with zero attached hydrogens (tertiary/aromatic N) is 2. The predicted octanol–water partition coefficient (Wildman–Crippen LogP) is 2.86. The molecule has 2 nitrogen and oxygen atoms in total. The quantitative estimate of drug-likeness (QED) is 0.747. The van der Waals surface area contributed by atoms with Gasteiger partial charge in [0.25, 0.3) is 0 Å². The molecule has 0 spiro atoms. The standard InChI is InChI=1S/C7H3F5N2S/c8-6(9,7(10,11)12)4-3-15-5(14-4)1-2-13/h3H,1H2. The molecule has 82 valence electrons. The molecule has 0 bridgehead atoms. The molecule has 15 heavy (non-hydrogen) atoms. The smallest absolute Gasteiger partial charge is 0.238 e. The number of thiazole rings is 1. The van der Waals surface area contributed by atoms with E-state index in [0.29, 0.717) is 16.7 Å². The monoisotopic (exact) mass is 242 g/mol. The lowest BCUT2D eigenvalue weighted by atomic mass is 10.2. The third-order valence-corrected chi connectivity index (χ3v) is 2.31. The van der Waals surface area contributed by atoms with Crippen LogP contribution in [0.2, 0.25) is 0 Å². The van der Waals surface area contributed by atoms with Crippen molar-refractivity contribution in [2.45, 2.75) is 18.5 Å². The Morgan fingerprint density at radius 2 is 1.93 bits per heavy atom. The van der Waals surface area contributed by atoms with Gasteiger partial charge in [0.1, 0.15) is 10.7 Å². The molecule has 0 radical (unpaired) electrons. The minimum atomic E-state index is -5.66. The summed E-state index contributed by atoms with van der Waals surface area (Å²) >= 11 is 0.603. The Kier molecular flexibility index (Phi) is 2.95. The number of hydrogen-bond acceptors (Lipinski definition) is 3. The van der Waals surface area contributed by atoms with Crippen molar-refractivity contribution in [2.24, 2.45) is 0 Å². The van der Waals surface area contributed by atoms with Gasteiger partial charge in [-0.3, -0.25) is 0 Å². The van der Waals surface area contributed by atoms with Crippen molar-refractivity contribution in [1.82, 2.24) is 4.98 Å². The lowest BCUT2D eigenvalue weighted by molar-refractivity contribution is -0.290. The second kappa shape index (κ2) is 3.73. The van der Waals surface area contributed by atoms with Crippen LogP contribution in [0.5, 0.6) is 0 Å². The first-order chi connectivity index (χ1) is 6.79. The second-order valence-corrected chi connectivity index (χ2v) is 3.48. The maximum absolute atomic E-state index is 12.7. The van der Waals surface area contributed by atoms with Crippen molar-refractivity contribution < 1.29 is 22.0 Å². The van der Waals surface area contributed by atoms with Crippen molar-refractivity contribution in [3.8, 4) is 6.07 Å². The number of aromatic nitrogens is 1. The number of halogens is 5. The zero-order chi connectivity index (χ0) is 11.7. The third-order valence-electron chi connectivity index (χ3n) is 1.46.